The summed E-state index contributed by atoms with van der Waals surface area (Å²) in [4.78, 5) is 0. The number of aliphatic hydroxyl groups excluding tert-OH is 1. The van der Waals surface area contributed by atoms with Crippen molar-refractivity contribution in [2.45, 2.75) is 43.4 Å². The maximum absolute atomic E-state index is 10.2. The summed E-state index contributed by atoms with van der Waals surface area (Å²) in [5.74, 6) is 0.296. The van der Waals surface area contributed by atoms with Gasteiger partial charge in [-0.1, -0.05) is 30.3 Å². The van der Waals surface area contributed by atoms with Gasteiger partial charge in [0.2, 0.25) is 0 Å². The highest BCUT2D eigenvalue weighted by Crippen LogP contribution is 2.37. The van der Waals surface area contributed by atoms with E-state index < -0.39 is 0 Å². The van der Waals surface area contributed by atoms with Crippen LogP contribution in [0.25, 0.3) is 0 Å². The highest BCUT2D eigenvalue weighted by atomic mass is 16.3. The Balaban J connectivity index is 1.91. The summed E-state index contributed by atoms with van der Waals surface area (Å²) < 4.78 is 0. The molecule has 2 aliphatic rings. The highest BCUT2D eigenvalue weighted by Gasteiger charge is 2.41. The van der Waals surface area contributed by atoms with Gasteiger partial charge in [0.05, 0.1) is 6.10 Å². The molecule has 1 aromatic carbocycles. The molecule has 2 aliphatic heterocycles. The Morgan fingerprint density at radius 1 is 1.13 bits per heavy atom. The van der Waals surface area contributed by atoms with Crippen LogP contribution in [0.1, 0.15) is 30.7 Å². The van der Waals surface area contributed by atoms with Crippen molar-refractivity contribution >= 4 is 0 Å². The monoisotopic (exact) mass is 203 g/mol. The molecule has 4 atom stereocenters. The Morgan fingerprint density at radius 3 is 2.73 bits per heavy atom. The standard InChI is InChI=1S/C13H17NO/c15-12-8-10-6-7-11(14-10)13(12)9-4-2-1-3-5-9/h1-5,10-15H,6-8H2/t10-,11+,12+,13-/m1/s1. The minimum absolute atomic E-state index is 0.161. The second kappa shape index (κ2) is 3.62. The van der Waals surface area contributed by atoms with E-state index in [1.165, 1.54) is 18.4 Å². The van der Waals surface area contributed by atoms with E-state index in [1.807, 2.05) is 6.07 Å². The summed E-state index contributed by atoms with van der Waals surface area (Å²) in [6.07, 6.45) is 3.19. The summed E-state index contributed by atoms with van der Waals surface area (Å²) in [7, 11) is 0. The van der Waals surface area contributed by atoms with Gasteiger partial charge in [-0.05, 0) is 24.8 Å². The molecule has 2 heterocycles. The molecule has 2 saturated heterocycles. The van der Waals surface area contributed by atoms with Gasteiger partial charge in [0, 0.05) is 18.0 Å². The fourth-order valence-electron chi connectivity index (χ4n) is 3.16. The van der Waals surface area contributed by atoms with Crippen molar-refractivity contribution in [3.05, 3.63) is 35.9 Å². The number of hydrogen-bond donors (Lipinski definition) is 2. The van der Waals surface area contributed by atoms with Gasteiger partial charge in [0.1, 0.15) is 0 Å². The molecule has 0 aromatic heterocycles. The van der Waals surface area contributed by atoms with Crippen LogP contribution in [0.15, 0.2) is 30.3 Å². The van der Waals surface area contributed by atoms with Crippen molar-refractivity contribution in [2.75, 3.05) is 0 Å². The molecule has 2 N–H and O–H groups in total. The largest absolute Gasteiger partial charge is 0.392 e. The van der Waals surface area contributed by atoms with Crippen LogP contribution in [0.2, 0.25) is 0 Å². The minimum Gasteiger partial charge on any atom is -0.392 e. The van der Waals surface area contributed by atoms with E-state index in [4.69, 9.17) is 0 Å². The van der Waals surface area contributed by atoms with Gasteiger partial charge in [-0.2, -0.15) is 0 Å². The fraction of sp³-hybridized carbons (Fsp3) is 0.538. The topological polar surface area (TPSA) is 32.3 Å². The number of nitrogens with one attached hydrogen (secondary N) is 1. The lowest BCUT2D eigenvalue weighted by molar-refractivity contribution is 0.0893. The summed E-state index contributed by atoms with van der Waals surface area (Å²) >= 11 is 0. The molecule has 0 saturated carbocycles. The Labute approximate surface area is 90.3 Å². The molecule has 2 heteroatoms. The summed E-state index contributed by atoms with van der Waals surface area (Å²) in [5, 5.41) is 13.8. The van der Waals surface area contributed by atoms with Crippen molar-refractivity contribution in [3.63, 3.8) is 0 Å². The van der Waals surface area contributed by atoms with Gasteiger partial charge in [-0.15, -0.1) is 0 Å². The van der Waals surface area contributed by atoms with Crippen LogP contribution in [-0.2, 0) is 0 Å². The van der Waals surface area contributed by atoms with E-state index >= 15 is 0 Å². The van der Waals surface area contributed by atoms with E-state index in [2.05, 4.69) is 29.6 Å². The number of fused-ring (bicyclic) bond motifs is 2. The van der Waals surface area contributed by atoms with Crippen LogP contribution in [0.4, 0.5) is 0 Å². The van der Waals surface area contributed by atoms with Crippen LogP contribution >= 0.6 is 0 Å². The summed E-state index contributed by atoms with van der Waals surface area (Å²) in [6, 6.07) is 11.5. The number of rotatable bonds is 1. The van der Waals surface area contributed by atoms with Crippen molar-refractivity contribution in [1.82, 2.24) is 5.32 Å². The predicted octanol–water partition coefficient (Wildman–Crippen LogP) is 1.66. The van der Waals surface area contributed by atoms with Gasteiger partial charge in [0.15, 0.2) is 0 Å². The van der Waals surface area contributed by atoms with Gasteiger partial charge < -0.3 is 10.4 Å². The first-order valence-corrected chi connectivity index (χ1v) is 5.83. The third kappa shape index (κ3) is 1.58. The maximum atomic E-state index is 10.2. The summed E-state index contributed by atoms with van der Waals surface area (Å²) in [6.45, 7) is 0. The molecule has 0 amide bonds. The molecule has 0 unspecified atom stereocenters. The molecule has 3 rings (SSSR count). The average molecular weight is 203 g/mol. The third-order valence-electron chi connectivity index (χ3n) is 3.83. The van der Waals surface area contributed by atoms with Gasteiger partial charge in [0.25, 0.3) is 0 Å². The molecule has 0 aliphatic carbocycles. The van der Waals surface area contributed by atoms with Crippen LogP contribution in [0.3, 0.4) is 0 Å². The molecule has 2 fully saturated rings. The number of piperidine rings is 1. The third-order valence-corrected chi connectivity index (χ3v) is 3.83. The second-order valence-corrected chi connectivity index (χ2v) is 4.79. The maximum Gasteiger partial charge on any atom is 0.0638 e. The van der Waals surface area contributed by atoms with E-state index in [1.54, 1.807) is 0 Å². The van der Waals surface area contributed by atoms with E-state index in [-0.39, 0.29) is 6.10 Å². The molecule has 1 aromatic rings. The van der Waals surface area contributed by atoms with E-state index in [0.29, 0.717) is 18.0 Å². The first-order valence-electron chi connectivity index (χ1n) is 5.83. The lowest BCUT2D eigenvalue weighted by Crippen LogP contribution is -2.46. The lowest BCUT2D eigenvalue weighted by Gasteiger charge is -2.35. The lowest BCUT2D eigenvalue weighted by atomic mass is 9.83. The van der Waals surface area contributed by atoms with Crippen LogP contribution < -0.4 is 5.32 Å². The number of benzene rings is 1. The van der Waals surface area contributed by atoms with Gasteiger partial charge >= 0.3 is 0 Å². The Kier molecular flexibility index (Phi) is 2.26. The highest BCUT2D eigenvalue weighted by molar-refractivity contribution is 5.25. The molecular formula is C13H17NO. The number of hydrogen-bond acceptors (Lipinski definition) is 2. The summed E-state index contributed by atoms with van der Waals surface area (Å²) in [5.41, 5.74) is 1.28. The SMILES string of the molecule is O[C@H]1C[C@H]2CC[C@H](N2)[C@H]1c1ccccc1. The van der Waals surface area contributed by atoms with Crippen molar-refractivity contribution in [3.8, 4) is 0 Å². The predicted molar refractivity (Wildman–Crippen MR) is 59.8 cm³/mol. The van der Waals surface area contributed by atoms with Crippen LogP contribution in [0, 0.1) is 0 Å². The Hall–Kier alpha value is -0.860. The molecule has 0 radical (unpaired) electrons. The smallest absolute Gasteiger partial charge is 0.0638 e. The molecule has 2 bridgehead atoms. The van der Waals surface area contributed by atoms with Crippen molar-refractivity contribution in [2.24, 2.45) is 0 Å². The van der Waals surface area contributed by atoms with E-state index in [0.717, 1.165) is 6.42 Å². The Morgan fingerprint density at radius 2 is 1.93 bits per heavy atom. The zero-order valence-electron chi connectivity index (χ0n) is 8.76. The quantitative estimate of drug-likeness (QED) is 0.727. The fourth-order valence-corrected chi connectivity index (χ4v) is 3.16. The first kappa shape index (κ1) is 9.37. The minimum atomic E-state index is -0.161. The van der Waals surface area contributed by atoms with Crippen molar-refractivity contribution in [1.29, 1.82) is 0 Å². The van der Waals surface area contributed by atoms with Crippen LogP contribution in [0.5, 0.6) is 0 Å². The second-order valence-electron chi connectivity index (χ2n) is 4.79. The molecule has 0 spiro atoms. The normalized spacial score (nSPS) is 39.3. The zero-order chi connectivity index (χ0) is 10.3. The van der Waals surface area contributed by atoms with E-state index in [9.17, 15) is 5.11 Å². The molecular weight excluding hydrogens is 186 g/mol. The van der Waals surface area contributed by atoms with Gasteiger partial charge in [-0.25, -0.2) is 0 Å². The Bertz CT molecular complexity index is 338. The molecule has 15 heavy (non-hydrogen) atoms. The number of aliphatic hydroxyl groups is 1. The first-order chi connectivity index (χ1) is 7.34. The van der Waals surface area contributed by atoms with Gasteiger partial charge in [-0.3, -0.25) is 0 Å². The van der Waals surface area contributed by atoms with Crippen LogP contribution in [-0.4, -0.2) is 23.3 Å². The molecule has 2 nitrogen and oxygen atoms in total. The zero-order valence-corrected chi connectivity index (χ0v) is 8.76. The average Bonchev–Trinajstić information content (AvgIpc) is 2.62. The van der Waals surface area contributed by atoms with Crippen molar-refractivity contribution < 1.29 is 5.11 Å². The molecule has 80 valence electrons.